The van der Waals surface area contributed by atoms with Crippen LogP contribution in [0.1, 0.15) is 13.3 Å². The molecule has 2 aromatic rings. The van der Waals surface area contributed by atoms with E-state index in [0.29, 0.717) is 12.5 Å². The van der Waals surface area contributed by atoms with Gasteiger partial charge in [0.1, 0.15) is 11.6 Å². The van der Waals surface area contributed by atoms with Crippen LogP contribution in [-0.4, -0.2) is 28.6 Å². The van der Waals surface area contributed by atoms with Gasteiger partial charge in [0.05, 0.1) is 12.8 Å². The van der Waals surface area contributed by atoms with E-state index in [0.717, 1.165) is 18.6 Å². The summed E-state index contributed by atoms with van der Waals surface area (Å²) in [7, 11) is 1.42. The Balaban J connectivity index is 2.25. The fraction of sp³-hybridized carbons (Fsp3) is 0.308. The average molecular weight is 295 g/mol. The molecule has 0 saturated heterocycles. The summed E-state index contributed by atoms with van der Waals surface area (Å²) in [6.45, 7) is 2.68. The quantitative estimate of drug-likeness (QED) is 0.853. The van der Waals surface area contributed by atoms with Crippen molar-refractivity contribution in [2.24, 2.45) is 0 Å². The monoisotopic (exact) mass is 295 g/mol. The van der Waals surface area contributed by atoms with Gasteiger partial charge in [-0.05, 0) is 18.6 Å². The van der Waals surface area contributed by atoms with Gasteiger partial charge in [-0.15, -0.1) is 0 Å². The molecule has 6 nitrogen and oxygen atoms in total. The number of aromatic nitrogens is 3. The molecular weight excluding hydrogens is 280 g/mol. The Morgan fingerprint density at radius 3 is 2.57 bits per heavy atom. The molecule has 2 N–H and O–H groups in total. The average Bonchev–Trinajstić information content (AvgIpc) is 2.48. The maximum absolute atomic E-state index is 13.6. The lowest BCUT2D eigenvalue weighted by molar-refractivity contribution is 0.379. The van der Waals surface area contributed by atoms with E-state index in [1.54, 1.807) is 0 Å². The summed E-state index contributed by atoms with van der Waals surface area (Å²) in [5.41, 5.74) is 0.0612. The molecular formula is C13H15F2N5O. The number of nitrogens with zero attached hydrogens (tertiary/aromatic N) is 3. The first-order chi connectivity index (χ1) is 10.1. The molecule has 0 spiro atoms. The van der Waals surface area contributed by atoms with Gasteiger partial charge >= 0.3 is 6.01 Å². The van der Waals surface area contributed by atoms with Gasteiger partial charge in [-0.1, -0.05) is 6.92 Å². The van der Waals surface area contributed by atoms with E-state index in [-0.39, 0.29) is 17.6 Å². The number of anilines is 3. The summed E-state index contributed by atoms with van der Waals surface area (Å²) in [5.74, 6) is -0.978. The SMILES string of the molecule is CCCNc1nc(Nc2ccc(F)cc2F)nc(OC)n1. The highest BCUT2D eigenvalue weighted by atomic mass is 19.1. The molecule has 0 aliphatic carbocycles. The van der Waals surface area contributed by atoms with Crippen LogP contribution in [0.4, 0.5) is 26.4 Å². The lowest BCUT2D eigenvalue weighted by Crippen LogP contribution is -2.09. The second-order valence-electron chi connectivity index (χ2n) is 4.15. The lowest BCUT2D eigenvalue weighted by atomic mass is 10.3. The first kappa shape index (κ1) is 14.9. The minimum atomic E-state index is -0.738. The highest BCUT2D eigenvalue weighted by molar-refractivity contribution is 5.55. The number of hydrogen-bond donors (Lipinski definition) is 2. The third-order valence-corrected chi connectivity index (χ3v) is 2.51. The van der Waals surface area contributed by atoms with Crippen molar-refractivity contribution in [1.82, 2.24) is 15.0 Å². The van der Waals surface area contributed by atoms with Gasteiger partial charge < -0.3 is 15.4 Å². The van der Waals surface area contributed by atoms with Crippen molar-refractivity contribution in [2.45, 2.75) is 13.3 Å². The lowest BCUT2D eigenvalue weighted by Gasteiger charge is -2.09. The van der Waals surface area contributed by atoms with Crippen LogP contribution in [0.15, 0.2) is 18.2 Å². The largest absolute Gasteiger partial charge is 0.467 e. The molecule has 0 bridgehead atoms. The van der Waals surface area contributed by atoms with Crippen LogP contribution in [-0.2, 0) is 0 Å². The minimum absolute atomic E-state index is 0.0612. The molecule has 0 amide bonds. The normalized spacial score (nSPS) is 10.3. The van der Waals surface area contributed by atoms with Crippen molar-refractivity contribution >= 4 is 17.6 Å². The van der Waals surface area contributed by atoms with Crippen LogP contribution in [0, 0.1) is 11.6 Å². The predicted molar refractivity (Wildman–Crippen MR) is 74.8 cm³/mol. The summed E-state index contributed by atoms with van der Waals surface area (Å²) >= 11 is 0. The van der Waals surface area contributed by atoms with E-state index in [1.165, 1.54) is 13.2 Å². The van der Waals surface area contributed by atoms with Crippen LogP contribution >= 0.6 is 0 Å². The van der Waals surface area contributed by atoms with Gasteiger partial charge in [-0.2, -0.15) is 15.0 Å². The Morgan fingerprint density at radius 2 is 1.90 bits per heavy atom. The summed E-state index contributed by atoms with van der Waals surface area (Å²) < 4.78 is 31.4. The van der Waals surface area contributed by atoms with Gasteiger partial charge in [0.2, 0.25) is 11.9 Å². The standard InChI is InChI=1S/C13H15F2N5O/c1-3-6-16-11-18-12(20-13(19-11)21-2)17-10-5-4-8(14)7-9(10)15/h4-5,7H,3,6H2,1-2H3,(H2,16,17,18,19,20). The zero-order chi connectivity index (χ0) is 15.2. The maximum Gasteiger partial charge on any atom is 0.322 e. The van der Waals surface area contributed by atoms with E-state index in [1.807, 2.05) is 6.92 Å². The second-order valence-corrected chi connectivity index (χ2v) is 4.15. The van der Waals surface area contributed by atoms with E-state index >= 15 is 0 Å². The van der Waals surface area contributed by atoms with Crippen molar-refractivity contribution in [3.05, 3.63) is 29.8 Å². The molecule has 0 radical (unpaired) electrons. The fourth-order valence-electron chi connectivity index (χ4n) is 1.53. The van der Waals surface area contributed by atoms with Crippen molar-refractivity contribution in [3.8, 4) is 6.01 Å². The number of rotatable bonds is 6. The first-order valence-corrected chi connectivity index (χ1v) is 6.38. The van der Waals surface area contributed by atoms with E-state index in [2.05, 4.69) is 25.6 Å². The molecule has 0 atom stereocenters. The van der Waals surface area contributed by atoms with Gasteiger partial charge in [-0.3, -0.25) is 0 Å². The topological polar surface area (TPSA) is 72.0 Å². The molecule has 1 aromatic heterocycles. The molecule has 0 aliphatic rings. The van der Waals surface area contributed by atoms with Crippen LogP contribution in [0.3, 0.4) is 0 Å². The molecule has 1 aromatic carbocycles. The van der Waals surface area contributed by atoms with Crippen LogP contribution in [0.25, 0.3) is 0 Å². The van der Waals surface area contributed by atoms with Gasteiger partial charge in [-0.25, -0.2) is 8.78 Å². The molecule has 8 heteroatoms. The Labute approximate surface area is 120 Å². The third-order valence-electron chi connectivity index (χ3n) is 2.51. The van der Waals surface area contributed by atoms with Crippen LogP contribution in [0.5, 0.6) is 6.01 Å². The zero-order valence-electron chi connectivity index (χ0n) is 11.7. The number of methoxy groups -OCH3 is 1. The number of ether oxygens (including phenoxy) is 1. The summed E-state index contributed by atoms with van der Waals surface area (Å²) in [6.07, 6.45) is 0.892. The summed E-state index contributed by atoms with van der Waals surface area (Å²) in [6, 6.07) is 3.27. The van der Waals surface area contributed by atoms with Crippen LogP contribution in [0.2, 0.25) is 0 Å². The highest BCUT2D eigenvalue weighted by Gasteiger charge is 2.09. The minimum Gasteiger partial charge on any atom is -0.467 e. The second kappa shape index (κ2) is 6.78. The maximum atomic E-state index is 13.6. The zero-order valence-corrected chi connectivity index (χ0v) is 11.7. The Hall–Kier alpha value is -2.51. The molecule has 0 saturated carbocycles. The number of nitrogens with one attached hydrogen (secondary N) is 2. The molecule has 21 heavy (non-hydrogen) atoms. The molecule has 2 rings (SSSR count). The number of hydrogen-bond acceptors (Lipinski definition) is 6. The summed E-state index contributed by atoms with van der Waals surface area (Å²) in [4.78, 5) is 12.1. The van der Waals surface area contributed by atoms with E-state index < -0.39 is 11.6 Å². The van der Waals surface area contributed by atoms with Gasteiger partial charge in [0.25, 0.3) is 0 Å². The van der Waals surface area contributed by atoms with Crippen molar-refractivity contribution in [2.75, 3.05) is 24.3 Å². The van der Waals surface area contributed by atoms with E-state index in [4.69, 9.17) is 4.74 Å². The Bertz CT molecular complexity index is 624. The van der Waals surface area contributed by atoms with Gasteiger partial charge in [0.15, 0.2) is 0 Å². The van der Waals surface area contributed by atoms with E-state index in [9.17, 15) is 8.78 Å². The number of benzene rings is 1. The smallest absolute Gasteiger partial charge is 0.322 e. The first-order valence-electron chi connectivity index (χ1n) is 6.38. The van der Waals surface area contributed by atoms with Crippen LogP contribution < -0.4 is 15.4 Å². The van der Waals surface area contributed by atoms with Crippen molar-refractivity contribution < 1.29 is 13.5 Å². The van der Waals surface area contributed by atoms with Crippen molar-refractivity contribution in [1.29, 1.82) is 0 Å². The highest BCUT2D eigenvalue weighted by Crippen LogP contribution is 2.20. The Kier molecular flexibility index (Phi) is 4.81. The van der Waals surface area contributed by atoms with Crippen molar-refractivity contribution in [3.63, 3.8) is 0 Å². The molecule has 1 heterocycles. The molecule has 0 fully saturated rings. The summed E-state index contributed by atoms with van der Waals surface area (Å²) in [5, 5.41) is 5.65. The fourth-order valence-corrected chi connectivity index (χ4v) is 1.53. The number of halogens is 2. The predicted octanol–water partition coefficient (Wildman–Crippen LogP) is 2.72. The molecule has 0 aliphatic heterocycles. The molecule has 0 unspecified atom stereocenters. The Morgan fingerprint density at radius 1 is 1.14 bits per heavy atom. The third kappa shape index (κ3) is 3.98. The van der Waals surface area contributed by atoms with Gasteiger partial charge in [0, 0.05) is 12.6 Å². The molecule has 112 valence electrons.